The molecule has 0 aliphatic rings. The van der Waals surface area contributed by atoms with Gasteiger partial charge in [-0.25, -0.2) is 0 Å². The molecular weight excluding hydrogens is 1220 g/mol. The standard InChI is InChI=1S/C32H28P2.2C16H9.2Au/c1-25-23-31(33(27-15-7-3-8-16-27)28-17-9-4-10-18-28)32(24-26(25)2)34(29-19-11-5-12-20-29)30-21-13-6-14-22-30;2*1-2-12-7-8-15-10-13-5-3-4-6-14(13)11-16(15)9-12;;/h3-24H,1-2H3;2*3-11H;;/q;2*-1;2*+1/p+2. The summed E-state index contributed by atoms with van der Waals surface area (Å²) in [5.74, 6) is 4.83. The van der Waals surface area contributed by atoms with Crippen LogP contribution in [-0.4, -0.2) is 0 Å². The molecule has 0 aliphatic heterocycles. The van der Waals surface area contributed by atoms with Gasteiger partial charge in [-0.1, -0.05) is 133 Å². The van der Waals surface area contributed by atoms with Crippen LogP contribution in [-0.2, 0) is 44.8 Å². The molecule has 11 rings (SSSR count). The van der Waals surface area contributed by atoms with Gasteiger partial charge in [-0.05, 0) is 153 Å². The largest absolute Gasteiger partial charge is 1.00 e. The van der Waals surface area contributed by atoms with Crippen molar-refractivity contribution in [2.45, 2.75) is 13.8 Å². The van der Waals surface area contributed by atoms with Crippen molar-refractivity contribution in [2.24, 2.45) is 0 Å². The third kappa shape index (κ3) is 11.6. The molecular formula is C64H48Au2P2+2. The topological polar surface area (TPSA) is 0 Å². The second-order valence-corrected chi connectivity index (χ2v) is 21.4. The predicted molar refractivity (Wildman–Crippen MR) is 291 cm³/mol. The molecule has 0 heterocycles. The van der Waals surface area contributed by atoms with Gasteiger partial charge in [0.25, 0.3) is 0 Å². The van der Waals surface area contributed by atoms with Crippen molar-refractivity contribution >= 4 is 90.8 Å². The molecule has 11 aromatic rings. The number of hydrogen-bond donors (Lipinski definition) is 0. The molecule has 0 fully saturated rings. The molecule has 68 heavy (non-hydrogen) atoms. The third-order valence-corrected chi connectivity index (χ3v) is 17.9. The molecule has 0 N–H and O–H groups in total. The average molecular weight is 1270 g/mol. The number of fused-ring (bicyclic) bond motifs is 4. The first-order valence-electron chi connectivity index (χ1n) is 22.2. The van der Waals surface area contributed by atoms with Crippen LogP contribution in [0.2, 0.25) is 0 Å². The third-order valence-electron chi connectivity index (χ3n) is 12.1. The second-order valence-electron chi connectivity index (χ2n) is 16.5. The van der Waals surface area contributed by atoms with E-state index < -0.39 is 15.8 Å². The predicted octanol–water partition coefficient (Wildman–Crippen LogP) is 13.1. The van der Waals surface area contributed by atoms with Gasteiger partial charge in [-0.2, -0.15) is 0 Å². The molecule has 0 atom stereocenters. The molecule has 0 saturated carbocycles. The summed E-state index contributed by atoms with van der Waals surface area (Å²) < 4.78 is 0. The molecule has 0 aliphatic carbocycles. The van der Waals surface area contributed by atoms with Crippen LogP contribution in [0.5, 0.6) is 0 Å². The van der Waals surface area contributed by atoms with E-state index in [0.717, 1.165) is 21.9 Å². The van der Waals surface area contributed by atoms with Crippen LogP contribution in [0, 0.1) is 38.5 Å². The first-order chi connectivity index (χ1) is 32.4. The van der Waals surface area contributed by atoms with Crippen molar-refractivity contribution in [3.05, 3.63) is 278 Å². The summed E-state index contributed by atoms with van der Waals surface area (Å²) in [6.45, 7) is 4.52. The van der Waals surface area contributed by atoms with Crippen molar-refractivity contribution in [3.63, 3.8) is 0 Å². The Labute approximate surface area is 435 Å². The van der Waals surface area contributed by atoms with E-state index in [4.69, 9.17) is 12.8 Å². The molecule has 0 nitrogen and oxygen atoms in total. The molecule has 334 valence electrons. The fourth-order valence-corrected chi connectivity index (χ4v) is 14.8. The molecule has 0 amide bonds. The van der Waals surface area contributed by atoms with E-state index in [-0.39, 0.29) is 44.8 Å². The van der Waals surface area contributed by atoms with E-state index in [1.807, 2.05) is 60.7 Å². The maximum Gasteiger partial charge on any atom is 1.00 e. The number of hydrogen-bond acceptors (Lipinski definition) is 0. The molecule has 0 bridgehead atoms. The van der Waals surface area contributed by atoms with Crippen molar-refractivity contribution < 1.29 is 44.8 Å². The van der Waals surface area contributed by atoms with E-state index in [0.29, 0.717) is 0 Å². The summed E-state index contributed by atoms with van der Waals surface area (Å²) in [7, 11) is -2.36. The molecule has 0 spiro atoms. The molecule has 0 aromatic heterocycles. The van der Waals surface area contributed by atoms with Gasteiger partial charge in [0.1, 0.15) is 47.7 Å². The monoisotopic (exact) mass is 1270 g/mol. The fourth-order valence-electron chi connectivity index (χ4n) is 8.64. The summed E-state index contributed by atoms with van der Waals surface area (Å²) in [5, 5.41) is 18.5. The Bertz CT molecular complexity index is 3210. The molecule has 4 heteroatoms. The minimum absolute atomic E-state index is 0. The quantitative estimate of drug-likeness (QED) is 0.0512. The Morgan fingerprint density at radius 3 is 0.809 bits per heavy atom. The maximum absolute atomic E-state index is 7.13. The van der Waals surface area contributed by atoms with Crippen LogP contribution in [0.4, 0.5) is 0 Å². The summed E-state index contributed by atoms with van der Waals surface area (Å²) in [6.07, 6.45) is 14.3. The average Bonchev–Trinajstić information content (AvgIpc) is 3.38. The second kappa shape index (κ2) is 23.8. The molecule has 0 unspecified atom stereocenters. The van der Waals surface area contributed by atoms with E-state index in [1.165, 1.54) is 75.3 Å². The van der Waals surface area contributed by atoms with Gasteiger partial charge in [0.2, 0.25) is 0 Å². The zero-order valence-electron chi connectivity index (χ0n) is 37.7. The number of rotatable bonds is 6. The minimum Gasteiger partial charge on any atom is -0.366 e. The first-order valence-corrected chi connectivity index (χ1v) is 25.2. The van der Waals surface area contributed by atoms with E-state index >= 15 is 0 Å². The van der Waals surface area contributed by atoms with Crippen LogP contribution in [0.1, 0.15) is 22.3 Å². The van der Waals surface area contributed by atoms with E-state index in [2.05, 4.69) is 208 Å². The van der Waals surface area contributed by atoms with Gasteiger partial charge in [0.15, 0.2) is 0 Å². The van der Waals surface area contributed by atoms with E-state index in [1.54, 1.807) is 0 Å². The Morgan fingerprint density at radius 2 is 0.529 bits per heavy atom. The fraction of sp³-hybridized carbons (Fsp3) is 0.0312. The Hall–Kier alpha value is -6.08. The van der Waals surface area contributed by atoms with Crippen LogP contribution < -0.4 is 31.8 Å². The minimum atomic E-state index is -1.18. The smallest absolute Gasteiger partial charge is 0.366 e. The van der Waals surface area contributed by atoms with Gasteiger partial charge in [-0.3, -0.25) is 11.8 Å². The van der Waals surface area contributed by atoms with Crippen molar-refractivity contribution in [2.75, 3.05) is 0 Å². The summed E-state index contributed by atoms with van der Waals surface area (Å²) in [4.78, 5) is 0. The van der Waals surface area contributed by atoms with Crippen molar-refractivity contribution in [1.29, 1.82) is 0 Å². The number of benzene rings is 11. The summed E-state index contributed by atoms with van der Waals surface area (Å²) >= 11 is 0. The number of aryl methyl sites for hydroxylation is 2. The van der Waals surface area contributed by atoms with Crippen LogP contribution >= 0.6 is 15.8 Å². The molecule has 11 aromatic carbocycles. The van der Waals surface area contributed by atoms with Crippen molar-refractivity contribution in [1.82, 2.24) is 0 Å². The summed E-state index contributed by atoms with van der Waals surface area (Å²) in [5.41, 5.74) is 4.39. The van der Waals surface area contributed by atoms with Crippen LogP contribution in [0.25, 0.3) is 43.1 Å². The SMILES string of the molecule is Cc1cc([PH+](c2ccccc2)c2ccccc2)c([PH+](c2ccccc2)c2ccccc2)cc1C.[Au+].[Au+].[C-]#Cc1ccc2cc3ccccc3cc2c1.[C-]#Cc1ccc2cc3ccccc3cc2c1. The van der Waals surface area contributed by atoms with Gasteiger partial charge in [-0.15, -0.1) is 35.4 Å². The Kier molecular flexibility index (Phi) is 17.4. The van der Waals surface area contributed by atoms with Crippen molar-refractivity contribution in [3.8, 4) is 11.8 Å². The zero-order chi connectivity index (χ0) is 45.2. The molecule has 0 saturated heterocycles. The van der Waals surface area contributed by atoms with Crippen LogP contribution in [0.3, 0.4) is 0 Å². The van der Waals surface area contributed by atoms with Gasteiger partial charge in [0, 0.05) is 0 Å². The zero-order valence-corrected chi connectivity index (χ0v) is 44.0. The maximum atomic E-state index is 7.13. The van der Waals surface area contributed by atoms with Crippen LogP contribution in [0.15, 0.2) is 243 Å². The van der Waals surface area contributed by atoms with Gasteiger partial charge < -0.3 is 12.8 Å². The van der Waals surface area contributed by atoms with Gasteiger partial charge in [0.05, 0.1) is 0 Å². The van der Waals surface area contributed by atoms with Gasteiger partial charge >= 0.3 is 44.8 Å². The van der Waals surface area contributed by atoms with E-state index in [9.17, 15) is 0 Å². The molecule has 0 radical (unpaired) electrons. The normalized spacial score (nSPS) is 10.5. The summed E-state index contributed by atoms with van der Waals surface area (Å²) in [6, 6.07) is 86.7. The Morgan fingerprint density at radius 1 is 0.279 bits per heavy atom. The first kappa shape index (κ1) is 49.8. The Balaban J connectivity index is 0.000000167.